The molecule has 0 heterocycles. The number of benzene rings is 2. The highest BCUT2D eigenvalue weighted by Crippen LogP contribution is 2.37. The van der Waals surface area contributed by atoms with Gasteiger partial charge in [0.15, 0.2) is 0 Å². The van der Waals surface area contributed by atoms with Crippen LogP contribution < -0.4 is 0 Å². The second kappa shape index (κ2) is 7.32. The second-order valence-electron chi connectivity index (χ2n) is 7.01. The predicted molar refractivity (Wildman–Crippen MR) is 98.8 cm³/mol. The zero-order valence-electron chi connectivity index (χ0n) is 15.7. The smallest absolute Gasteiger partial charge is 0.303 e. The van der Waals surface area contributed by atoms with Crippen molar-refractivity contribution >= 4 is 11.9 Å². The highest BCUT2D eigenvalue weighted by atomic mass is 16.5. The van der Waals surface area contributed by atoms with Crippen LogP contribution >= 0.6 is 0 Å². The molecule has 0 radical (unpaired) electrons. The minimum Gasteiger partial charge on any atom is -0.457 e. The first-order valence-corrected chi connectivity index (χ1v) is 8.86. The third-order valence-electron chi connectivity index (χ3n) is 4.72. The molecule has 2 atom stereocenters. The van der Waals surface area contributed by atoms with Crippen LogP contribution in [0.3, 0.4) is 0 Å². The van der Waals surface area contributed by atoms with Gasteiger partial charge in [0.05, 0.1) is 0 Å². The number of hydrogen-bond donors (Lipinski definition) is 0. The van der Waals surface area contributed by atoms with Crippen LogP contribution in [0.5, 0.6) is 0 Å². The average Bonchev–Trinajstić information content (AvgIpc) is 2.52. The summed E-state index contributed by atoms with van der Waals surface area (Å²) in [4.78, 5) is 23.4. The Hall–Kier alpha value is -2.62. The summed E-state index contributed by atoms with van der Waals surface area (Å²) in [5.74, 6) is -0.597. The van der Waals surface area contributed by atoms with Gasteiger partial charge in [0.1, 0.15) is 12.2 Å². The van der Waals surface area contributed by atoms with E-state index >= 15 is 0 Å². The van der Waals surface area contributed by atoms with Crippen LogP contribution in [-0.2, 0) is 31.9 Å². The molecule has 0 saturated carbocycles. The maximum absolute atomic E-state index is 11.7. The summed E-state index contributed by atoms with van der Waals surface area (Å²) < 4.78 is 11.3. The van der Waals surface area contributed by atoms with Gasteiger partial charge in [-0.25, -0.2) is 0 Å². The van der Waals surface area contributed by atoms with Gasteiger partial charge in [-0.3, -0.25) is 9.59 Å². The predicted octanol–water partition coefficient (Wildman–Crippen LogP) is 4.31. The Morgan fingerprint density at radius 2 is 1.15 bits per heavy atom. The van der Waals surface area contributed by atoms with E-state index in [0.29, 0.717) is 12.8 Å². The van der Waals surface area contributed by atoms with Gasteiger partial charge in [0, 0.05) is 26.7 Å². The normalized spacial score (nSPS) is 18.8. The summed E-state index contributed by atoms with van der Waals surface area (Å²) in [6.45, 7) is 6.92. The fraction of sp³-hybridized carbons (Fsp3) is 0.364. The van der Waals surface area contributed by atoms with Crippen molar-refractivity contribution in [1.82, 2.24) is 0 Å². The van der Waals surface area contributed by atoms with Gasteiger partial charge in [0.25, 0.3) is 0 Å². The maximum atomic E-state index is 11.7. The van der Waals surface area contributed by atoms with Crippen LogP contribution in [0.15, 0.2) is 36.4 Å². The van der Waals surface area contributed by atoms with E-state index in [-0.39, 0.29) is 24.1 Å². The van der Waals surface area contributed by atoms with E-state index in [0.717, 1.165) is 33.4 Å². The van der Waals surface area contributed by atoms with Crippen LogP contribution in [-0.4, -0.2) is 11.9 Å². The lowest BCUT2D eigenvalue weighted by atomic mass is 9.84. The van der Waals surface area contributed by atoms with E-state index in [9.17, 15) is 9.59 Å². The Bertz CT molecular complexity index is 782. The van der Waals surface area contributed by atoms with Crippen LogP contribution in [0, 0.1) is 13.8 Å². The summed E-state index contributed by atoms with van der Waals surface area (Å²) in [5.41, 5.74) is 6.31. The van der Waals surface area contributed by atoms with Crippen molar-refractivity contribution in [2.75, 3.05) is 0 Å². The Kier molecular flexibility index (Phi) is 5.12. The SMILES string of the molecule is CC(=O)O[C@H]1Cc2cc(C)ccc2[C@@H](OC(C)=O)Cc2cc(C)ccc21. The van der Waals surface area contributed by atoms with Crippen molar-refractivity contribution in [3.8, 4) is 0 Å². The summed E-state index contributed by atoms with van der Waals surface area (Å²) in [6.07, 6.45) is 0.429. The molecule has 0 aromatic heterocycles. The Morgan fingerprint density at radius 3 is 1.50 bits per heavy atom. The Balaban J connectivity index is 2.14. The van der Waals surface area contributed by atoms with E-state index < -0.39 is 0 Å². The molecule has 136 valence electrons. The molecule has 0 fully saturated rings. The van der Waals surface area contributed by atoms with Crippen LogP contribution in [0.25, 0.3) is 0 Å². The minimum absolute atomic E-state index is 0.298. The van der Waals surface area contributed by atoms with Gasteiger partial charge in [-0.15, -0.1) is 0 Å². The van der Waals surface area contributed by atoms with E-state index in [2.05, 4.69) is 12.1 Å². The van der Waals surface area contributed by atoms with Crippen molar-refractivity contribution < 1.29 is 19.1 Å². The lowest BCUT2D eigenvalue weighted by Crippen LogP contribution is -2.21. The van der Waals surface area contributed by atoms with Crippen LogP contribution in [0.1, 0.15) is 59.4 Å². The highest BCUT2D eigenvalue weighted by Gasteiger charge is 2.29. The summed E-state index contributed by atoms with van der Waals surface area (Å²) in [6, 6.07) is 12.3. The Morgan fingerprint density at radius 1 is 0.769 bits per heavy atom. The number of hydrogen-bond acceptors (Lipinski definition) is 4. The summed E-state index contributed by atoms with van der Waals surface area (Å²) >= 11 is 0. The van der Waals surface area contributed by atoms with Crippen molar-refractivity contribution in [3.63, 3.8) is 0 Å². The standard InChI is InChI=1S/C22H24O4/c1-13-5-7-19-17(9-13)11-21(25-15(3)23)20-8-6-14(2)10-18(20)12-22(19)26-16(4)24/h5-10,21-22H,11-12H2,1-4H3/t21-,22-/m0/s1. The number of carbonyl (C=O) groups is 2. The van der Waals surface area contributed by atoms with E-state index in [1.165, 1.54) is 13.8 Å². The first-order valence-electron chi connectivity index (χ1n) is 8.86. The molecule has 0 unspecified atom stereocenters. The number of fused-ring (bicyclic) bond motifs is 2. The van der Waals surface area contributed by atoms with Crippen molar-refractivity contribution in [1.29, 1.82) is 0 Å². The van der Waals surface area contributed by atoms with Gasteiger partial charge >= 0.3 is 11.9 Å². The third-order valence-corrected chi connectivity index (χ3v) is 4.72. The monoisotopic (exact) mass is 352 g/mol. The summed E-state index contributed by atoms with van der Waals surface area (Å²) in [5, 5.41) is 0. The number of carbonyl (C=O) groups excluding carboxylic acids is 2. The molecule has 2 aromatic rings. The average molecular weight is 352 g/mol. The highest BCUT2D eigenvalue weighted by molar-refractivity contribution is 5.67. The molecule has 2 aromatic carbocycles. The molecule has 0 bridgehead atoms. The number of ether oxygens (including phenoxy) is 2. The van der Waals surface area contributed by atoms with Gasteiger partial charge in [-0.2, -0.15) is 0 Å². The second-order valence-corrected chi connectivity index (χ2v) is 7.01. The topological polar surface area (TPSA) is 52.6 Å². The molecular weight excluding hydrogens is 328 g/mol. The van der Waals surface area contributed by atoms with Gasteiger partial charge in [0.2, 0.25) is 0 Å². The third kappa shape index (κ3) is 3.96. The molecule has 4 heteroatoms. The molecule has 0 N–H and O–H groups in total. The lowest BCUT2D eigenvalue weighted by molar-refractivity contribution is -0.146. The van der Waals surface area contributed by atoms with E-state index in [1.54, 1.807) is 0 Å². The molecule has 0 aliphatic heterocycles. The summed E-state index contributed by atoms with van der Waals surface area (Å²) in [7, 11) is 0. The zero-order valence-corrected chi connectivity index (χ0v) is 15.7. The zero-order chi connectivity index (χ0) is 18.8. The maximum Gasteiger partial charge on any atom is 0.303 e. The fourth-order valence-electron chi connectivity index (χ4n) is 3.68. The largest absolute Gasteiger partial charge is 0.457 e. The van der Waals surface area contributed by atoms with Gasteiger partial charge < -0.3 is 9.47 Å². The Labute approximate surface area is 154 Å². The quantitative estimate of drug-likeness (QED) is 0.756. The molecule has 0 spiro atoms. The van der Waals surface area contributed by atoms with Crippen LogP contribution in [0.2, 0.25) is 0 Å². The van der Waals surface area contributed by atoms with Gasteiger partial charge in [-0.05, 0) is 36.1 Å². The molecule has 0 saturated heterocycles. The molecule has 26 heavy (non-hydrogen) atoms. The fourth-order valence-corrected chi connectivity index (χ4v) is 3.68. The minimum atomic E-state index is -0.345. The molecule has 1 aliphatic carbocycles. The molecule has 0 amide bonds. The van der Waals surface area contributed by atoms with Gasteiger partial charge in [-0.1, -0.05) is 47.5 Å². The lowest BCUT2D eigenvalue weighted by Gasteiger charge is -2.29. The number of esters is 2. The molecule has 1 aliphatic rings. The van der Waals surface area contributed by atoms with E-state index in [1.807, 2.05) is 38.1 Å². The molecule has 3 rings (SSSR count). The molecular formula is C22H24O4. The van der Waals surface area contributed by atoms with Crippen molar-refractivity contribution in [2.45, 2.75) is 52.7 Å². The van der Waals surface area contributed by atoms with Crippen LogP contribution in [0.4, 0.5) is 0 Å². The first-order chi connectivity index (χ1) is 12.3. The first kappa shape index (κ1) is 18.2. The van der Waals surface area contributed by atoms with Crippen molar-refractivity contribution in [3.05, 3.63) is 69.8 Å². The number of aryl methyl sites for hydroxylation is 2. The molecule has 4 nitrogen and oxygen atoms in total. The number of rotatable bonds is 2. The van der Waals surface area contributed by atoms with E-state index in [4.69, 9.17) is 9.47 Å². The van der Waals surface area contributed by atoms with Crippen molar-refractivity contribution in [2.24, 2.45) is 0 Å².